The number of hydrogen-bond acceptors (Lipinski definition) is 5. The lowest BCUT2D eigenvalue weighted by Crippen LogP contribution is -2.30. The van der Waals surface area contributed by atoms with Crippen molar-refractivity contribution in [3.05, 3.63) is 30.0 Å². The second-order valence-corrected chi connectivity index (χ2v) is 8.11. The molecule has 0 aliphatic heterocycles. The van der Waals surface area contributed by atoms with E-state index >= 15 is 0 Å². The molecule has 0 saturated heterocycles. The second-order valence-electron chi connectivity index (χ2n) is 7.12. The van der Waals surface area contributed by atoms with Crippen molar-refractivity contribution in [2.24, 2.45) is 5.41 Å². The number of rotatable bonds is 6. The number of benzene rings is 1. The summed E-state index contributed by atoms with van der Waals surface area (Å²) in [6.45, 7) is 8.22. The number of esters is 1. The van der Waals surface area contributed by atoms with E-state index in [1.807, 2.05) is 27.0 Å². The first-order chi connectivity index (χ1) is 12.1. The first-order valence-electron chi connectivity index (χ1n) is 8.36. The molecule has 1 unspecified atom stereocenters. The van der Waals surface area contributed by atoms with Crippen LogP contribution < -0.4 is 4.74 Å². The molecule has 0 saturated carbocycles. The molecule has 1 atom stereocenters. The van der Waals surface area contributed by atoms with Crippen LogP contribution in [-0.2, 0) is 4.74 Å². The summed E-state index contributed by atoms with van der Waals surface area (Å²) in [6, 6.07) is 6.61. The molecule has 0 spiro atoms. The molecule has 1 aromatic carbocycles. The molecule has 142 valence electrons. The Morgan fingerprint density at radius 1 is 1.27 bits per heavy atom. The highest BCUT2D eigenvalue weighted by molar-refractivity contribution is 7.98. The van der Waals surface area contributed by atoms with Gasteiger partial charge in [0.25, 0.3) is 0 Å². The smallest absolute Gasteiger partial charge is 0.416 e. The van der Waals surface area contributed by atoms with E-state index in [2.05, 4.69) is 0 Å². The van der Waals surface area contributed by atoms with E-state index in [1.165, 1.54) is 6.07 Å². The van der Waals surface area contributed by atoms with Gasteiger partial charge >= 0.3 is 12.1 Å². The zero-order valence-electron chi connectivity index (χ0n) is 15.7. The zero-order chi connectivity index (χ0) is 19.5. The SMILES string of the molecule is CSCCOc1ccc2c(c1)cc(C(=O)OC(C)C(C)(C)C)n2C(=O)O. The van der Waals surface area contributed by atoms with Crippen LogP contribution in [0, 0.1) is 5.41 Å². The van der Waals surface area contributed by atoms with Gasteiger partial charge in [-0.05, 0) is 42.9 Å². The van der Waals surface area contributed by atoms with Crippen LogP contribution in [0.15, 0.2) is 24.3 Å². The molecule has 0 radical (unpaired) electrons. The molecule has 0 fully saturated rings. The average Bonchev–Trinajstić information content (AvgIpc) is 2.93. The monoisotopic (exact) mass is 379 g/mol. The maximum Gasteiger partial charge on any atom is 0.416 e. The van der Waals surface area contributed by atoms with Gasteiger partial charge in [0.1, 0.15) is 17.5 Å². The molecular formula is C19H25NO5S. The van der Waals surface area contributed by atoms with Gasteiger partial charge in [-0.1, -0.05) is 20.8 Å². The van der Waals surface area contributed by atoms with Gasteiger partial charge < -0.3 is 14.6 Å². The lowest BCUT2D eigenvalue weighted by Gasteiger charge is -2.26. The Morgan fingerprint density at radius 3 is 2.54 bits per heavy atom. The summed E-state index contributed by atoms with van der Waals surface area (Å²) >= 11 is 1.68. The Labute approximate surface area is 157 Å². The number of carboxylic acid groups (broad SMARTS) is 1. The number of carbonyl (C=O) groups excluding carboxylic acids is 1. The van der Waals surface area contributed by atoms with Gasteiger partial charge in [-0.2, -0.15) is 11.8 Å². The fourth-order valence-corrected chi connectivity index (χ4v) is 2.53. The zero-order valence-corrected chi connectivity index (χ0v) is 16.6. The summed E-state index contributed by atoms with van der Waals surface area (Å²) in [7, 11) is 0. The van der Waals surface area contributed by atoms with Crippen LogP contribution in [0.1, 0.15) is 38.2 Å². The third-order valence-corrected chi connectivity index (χ3v) is 4.81. The van der Waals surface area contributed by atoms with E-state index in [1.54, 1.807) is 36.9 Å². The number of ether oxygens (including phenoxy) is 2. The van der Waals surface area contributed by atoms with Crippen molar-refractivity contribution in [2.45, 2.75) is 33.8 Å². The molecule has 1 aromatic heterocycles. The van der Waals surface area contributed by atoms with Crippen molar-refractivity contribution in [3.8, 4) is 5.75 Å². The van der Waals surface area contributed by atoms with E-state index < -0.39 is 12.1 Å². The lowest BCUT2D eigenvalue weighted by atomic mass is 9.90. The fourth-order valence-electron chi connectivity index (χ4n) is 2.28. The van der Waals surface area contributed by atoms with Crippen LogP contribution in [0.4, 0.5) is 4.79 Å². The average molecular weight is 379 g/mol. The minimum absolute atomic E-state index is 0.00939. The molecule has 2 rings (SSSR count). The largest absolute Gasteiger partial charge is 0.493 e. The minimum atomic E-state index is -1.23. The third-order valence-electron chi connectivity index (χ3n) is 4.23. The normalized spacial score (nSPS) is 12.8. The maximum absolute atomic E-state index is 12.6. The summed E-state index contributed by atoms with van der Waals surface area (Å²) in [4.78, 5) is 24.3. The second kappa shape index (κ2) is 8.03. The summed E-state index contributed by atoms with van der Waals surface area (Å²) in [6.07, 6.45) is 0.405. The van der Waals surface area contributed by atoms with E-state index in [-0.39, 0.29) is 17.2 Å². The number of fused-ring (bicyclic) bond motifs is 1. The van der Waals surface area contributed by atoms with Crippen molar-refractivity contribution in [3.63, 3.8) is 0 Å². The summed E-state index contributed by atoms with van der Waals surface area (Å²) < 4.78 is 12.1. The summed E-state index contributed by atoms with van der Waals surface area (Å²) in [5, 5.41) is 10.2. The van der Waals surface area contributed by atoms with Gasteiger partial charge in [0.2, 0.25) is 0 Å². The number of thioether (sulfide) groups is 1. The van der Waals surface area contributed by atoms with Gasteiger partial charge in [-0.15, -0.1) is 0 Å². The highest BCUT2D eigenvalue weighted by atomic mass is 32.2. The predicted molar refractivity (Wildman–Crippen MR) is 104 cm³/mol. The van der Waals surface area contributed by atoms with Crippen LogP contribution in [0.3, 0.4) is 0 Å². The van der Waals surface area contributed by atoms with Crippen molar-refractivity contribution >= 4 is 34.7 Å². The predicted octanol–water partition coefficient (Wildman–Crippen LogP) is 4.50. The van der Waals surface area contributed by atoms with E-state index in [4.69, 9.17) is 9.47 Å². The van der Waals surface area contributed by atoms with Crippen LogP contribution in [0.25, 0.3) is 10.9 Å². The molecule has 0 amide bonds. The number of carbonyl (C=O) groups is 2. The molecule has 0 aliphatic carbocycles. The quantitative estimate of drug-likeness (QED) is 0.588. The third kappa shape index (κ3) is 4.52. The lowest BCUT2D eigenvalue weighted by molar-refractivity contribution is 0.00382. The standard InChI is InChI=1S/C19H25NO5S/c1-12(19(2,3)4)25-17(21)16-11-13-10-14(24-8-9-26-5)6-7-15(13)20(16)18(22)23/h6-7,10-12H,8-9H2,1-5H3,(H,22,23). The number of hydrogen-bond donors (Lipinski definition) is 1. The molecule has 1 N–H and O–H groups in total. The van der Waals surface area contributed by atoms with Crippen LogP contribution in [0.5, 0.6) is 5.75 Å². The van der Waals surface area contributed by atoms with Crippen molar-refractivity contribution in [2.75, 3.05) is 18.6 Å². The van der Waals surface area contributed by atoms with Crippen LogP contribution in [0.2, 0.25) is 0 Å². The summed E-state index contributed by atoms with van der Waals surface area (Å²) in [5.41, 5.74) is 0.170. The summed E-state index contributed by atoms with van der Waals surface area (Å²) in [5.74, 6) is 0.837. The van der Waals surface area contributed by atoms with Gasteiger partial charge in [-0.3, -0.25) is 0 Å². The van der Waals surface area contributed by atoms with E-state index in [9.17, 15) is 14.7 Å². The molecule has 1 heterocycles. The number of aromatic nitrogens is 1. The first-order valence-corrected chi connectivity index (χ1v) is 9.76. The molecule has 0 bridgehead atoms. The molecule has 6 nitrogen and oxygen atoms in total. The van der Waals surface area contributed by atoms with Crippen molar-refractivity contribution < 1.29 is 24.2 Å². The van der Waals surface area contributed by atoms with Crippen molar-refractivity contribution in [1.82, 2.24) is 4.57 Å². The molecule has 26 heavy (non-hydrogen) atoms. The molecule has 2 aromatic rings. The van der Waals surface area contributed by atoms with Gasteiger partial charge in [0.05, 0.1) is 12.1 Å². The van der Waals surface area contributed by atoms with Gasteiger partial charge in [0.15, 0.2) is 0 Å². The van der Waals surface area contributed by atoms with E-state index in [0.717, 1.165) is 10.3 Å². The Balaban J connectivity index is 2.37. The van der Waals surface area contributed by atoms with Gasteiger partial charge in [-0.25, -0.2) is 14.2 Å². The Bertz CT molecular complexity index is 806. The molecular weight excluding hydrogens is 354 g/mol. The Kier molecular flexibility index (Phi) is 6.23. The fraction of sp³-hybridized carbons (Fsp3) is 0.474. The highest BCUT2D eigenvalue weighted by Crippen LogP contribution is 2.27. The van der Waals surface area contributed by atoms with Gasteiger partial charge in [0, 0.05) is 11.1 Å². The Morgan fingerprint density at radius 2 is 1.96 bits per heavy atom. The number of nitrogens with zero attached hydrogens (tertiary/aromatic N) is 1. The van der Waals surface area contributed by atoms with Crippen LogP contribution in [-0.4, -0.2) is 46.5 Å². The van der Waals surface area contributed by atoms with Crippen LogP contribution >= 0.6 is 11.8 Å². The maximum atomic E-state index is 12.6. The highest BCUT2D eigenvalue weighted by Gasteiger charge is 2.27. The topological polar surface area (TPSA) is 77.8 Å². The Hall–Kier alpha value is -2.15. The molecule has 0 aliphatic rings. The first kappa shape index (κ1) is 20.2. The molecule has 7 heteroatoms. The minimum Gasteiger partial charge on any atom is -0.493 e. The van der Waals surface area contributed by atoms with Crippen molar-refractivity contribution in [1.29, 1.82) is 0 Å². The van der Waals surface area contributed by atoms with E-state index in [0.29, 0.717) is 23.3 Å².